The largest absolute Gasteiger partial charge is 0.460 e. The average Bonchev–Trinajstić information content (AvgIpc) is 2.96. The second-order valence-electron chi connectivity index (χ2n) is 6.42. The zero-order chi connectivity index (χ0) is 19.6. The Hall–Kier alpha value is -2.67. The second kappa shape index (κ2) is 7.52. The Morgan fingerprint density at radius 3 is 2.48 bits per heavy atom. The summed E-state index contributed by atoms with van der Waals surface area (Å²) in [6.07, 6.45) is 3.42. The molecule has 3 rings (SSSR count). The first-order chi connectivity index (χ1) is 12.8. The number of nitrogens with one attached hydrogen (secondary N) is 1. The molecule has 0 aliphatic carbocycles. The number of fused-ring (bicyclic) bond motifs is 1. The Morgan fingerprint density at radius 2 is 1.85 bits per heavy atom. The molecule has 0 bridgehead atoms. The molecule has 5 nitrogen and oxygen atoms in total. The highest BCUT2D eigenvalue weighted by atomic mass is 32.2. The lowest BCUT2D eigenvalue weighted by Gasteiger charge is -2.05. The fourth-order valence-electron chi connectivity index (χ4n) is 2.93. The SMILES string of the molecule is CCCCc1oc2ccc(NS(C)(=O)=O)cc2c1C(=O)c1ccc(F)cc1. The molecular formula is C20H20FNO4S. The third kappa shape index (κ3) is 4.36. The monoisotopic (exact) mass is 389 g/mol. The smallest absolute Gasteiger partial charge is 0.229 e. The Labute approximate surface area is 157 Å². The molecule has 2 aromatic carbocycles. The van der Waals surface area contributed by atoms with Crippen LogP contribution in [-0.4, -0.2) is 20.5 Å². The first kappa shape index (κ1) is 19.1. The van der Waals surface area contributed by atoms with Crippen molar-refractivity contribution in [2.75, 3.05) is 11.0 Å². The van der Waals surface area contributed by atoms with Gasteiger partial charge in [0.2, 0.25) is 10.0 Å². The van der Waals surface area contributed by atoms with Gasteiger partial charge in [-0.05, 0) is 48.9 Å². The van der Waals surface area contributed by atoms with Gasteiger partial charge in [-0.25, -0.2) is 12.8 Å². The van der Waals surface area contributed by atoms with Crippen molar-refractivity contribution in [3.8, 4) is 0 Å². The molecule has 0 aliphatic heterocycles. The van der Waals surface area contributed by atoms with Gasteiger partial charge >= 0.3 is 0 Å². The quantitative estimate of drug-likeness (QED) is 0.603. The number of rotatable bonds is 7. The van der Waals surface area contributed by atoms with Crippen molar-refractivity contribution in [1.29, 1.82) is 0 Å². The average molecular weight is 389 g/mol. The van der Waals surface area contributed by atoms with Gasteiger partial charge in [0.1, 0.15) is 17.2 Å². The molecule has 0 saturated heterocycles. The summed E-state index contributed by atoms with van der Waals surface area (Å²) in [5.74, 6) is -0.150. The molecule has 0 unspecified atom stereocenters. The van der Waals surface area contributed by atoms with Crippen LogP contribution in [0, 0.1) is 5.82 Å². The molecule has 3 aromatic rings. The summed E-state index contributed by atoms with van der Waals surface area (Å²) in [7, 11) is -3.45. The molecule has 0 atom stereocenters. The number of hydrogen-bond acceptors (Lipinski definition) is 4. The summed E-state index contributed by atoms with van der Waals surface area (Å²) in [6.45, 7) is 2.04. The maximum absolute atomic E-state index is 13.2. The van der Waals surface area contributed by atoms with Crippen LogP contribution in [0.4, 0.5) is 10.1 Å². The number of hydrogen-bond donors (Lipinski definition) is 1. The third-order valence-electron chi connectivity index (χ3n) is 4.16. The van der Waals surface area contributed by atoms with Gasteiger partial charge in [-0.2, -0.15) is 0 Å². The number of anilines is 1. The zero-order valence-electron chi connectivity index (χ0n) is 15.1. The predicted molar refractivity (Wildman–Crippen MR) is 103 cm³/mol. The lowest BCUT2D eigenvalue weighted by molar-refractivity contribution is 0.103. The van der Waals surface area contributed by atoms with Crippen molar-refractivity contribution in [1.82, 2.24) is 0 Å². The van der Waals surface area contributed by atoms with Crippen LogP contribution >= 0.6 is 0 Å². The van der Waals surface area contributed by atoms with Crippen LogP contribution in [0.3, 0.4) is 0 Å². The fourth-order valence-corrected chi connectivity index (χ4v) is 3.49. The van der Waals surface area contributed by atoms with Gasteiger partial charge in [0.15, 0.2) is 5.78 Å². The summed E-state index contributed by atoms with van der Waals surface area (Å²) in [5, 5.41) is 0.532. The van der Waals surface area contributed by atoms with E-state index in [1.165, 1.54) is 24.3 Å². The molecule has 0 saturated carbocycles. The Balaban J connectivity index is 2.14. The number of carbonyl (C=O) groups excluding carboxylic acids is 1. The molecule has 7 heteroatoms. The van der Waals surface area contributed by atoms with Gasteiger partial charge in [0, 0.05) is 23.1 Å². The minimum Gasteiger partial charge on any atom is -0.460 e. The summed E-state index contributed by atoms with van der Waals surface area (Å²) in [4.78, 5) is 13.1. The van der Waals surface area contributed by atoms with E-state index in [-0.39, 0.29) is 5.78 Å². The number of halogens is 1. The Kier molecular flexibility index (Phi) is 5.32. The van der Waals surface area contributed by atoms with Gasteiger partial charge in [0.05, 0.1) is 11.8 Å². The summed E-state index contributed by atoms with van der Waals surface area (Å²) >= 11 is 0. The van der Waals surface area contributed by atoms with E-state index < -0.39 is 15.8 Å². The second-order valence-corrected chi connectivity index (χ2v) is 8.17. The first-order valence-corrected chi connectivity index (χ1v) is 10.5. The molecule has 1 N–H and O–H groups in total. The normalized spacial score (nSPS) is 11.7. The minimum absolute atomic E-state index is 0.281. The van der Waals surface area contributed by atoms with Crippen molar-refractivity contribution in [2.24, 2.45) is 0 Å². The van der Waals surface area contributed by atoms with Crippen molar-refractivity contribution < 1.29 is 22.0 Å². The molecule has 27 heavy (non-hydrogen) atoms. The van der Waals surface area contributed by atoms with E-state index >= 15 is 0 Å². The summed E-state index contributed by atoms with van der Waals surface area (Å²) in [6, 6.07) is 10.1. The number of benzene rings is 2. The van der Waals surface area contributed by atoms with E-state index in [2.05, 4.69) is 4.72 Å². The third-order valence-corrected chi connectivity index (χ3v) is 4.76. The molecule has 0 radical (unpaired) electrons. The highest BCUT2D eigenvalue weighted by Crippen LogP contribution is 2.31. The lowest BCUT2D eigenvalue weighted by Crippen LogP contribution is -2.09. The minimum atomic E-state index is -3.45. The van der Waals surface area contributed by atoms with E-state index in [0.29, 0.717) is 40.0 Å². The molecule has 142 valence electrons. The highest BCUT2D eigenvalue weighted by molar-refractivity contribution is 7.92. The zero-order valence-corrected chi connectivity index (χ0v) is 15.9. The highest BCUT2D eigenvalue weighted by Gasteiger charge is 2.22. The Morgan fingerprint density at radius 1 is 1.15 bits per heavy atom. The molecule has 0 fully saturated rings. The maximum atomic E-state index is 13.2. The fraction of sp³-hybridized carbons (Fsp3) is 0.250. The van der Waals surface area contributed by atoms with Gasteiger partial charge in [-0.1, -0.05) is 13.3 Å². The van der Waals surface area contributed by atoms with E-state index in [9.17, 15) is 17.6 Å². The van der Waals surface area contributed by atoms with Gasteiger partial charge < -0.3 is 4.42 Å². The topological polar surface area (TPSA) is 76.4 Å². The lowest BCUT2D eigenvalue weighted by atomic mass is 9.98. The van der Waals surface area contributed by atoms with Crippen LogP contribution in [-0.2, 0) is 16.4 Å². The Bertz CT molecular complexity index is 1090. The summed E-state index contributed by atoms with van der Waals surface area (Å²) < 4.78 is 44.5. The van der Waals surface area contributed by atoms with Crippen LogP contribution in [0.25, 0.3) is 11.0 Å². The number of sulfonamides is 1. The number of ketones is 1. The van der Waals surface area contributed by atoms with Crippen LogP contribution in [0.15, 0.2) is 46.9 Å². The van der Waals surface area contributed by atoms with E-state index in [4.69, 9.17) is 4.42 Å². The van der Waals surface area contributed by atoms with Crippen LogP contribution < -0.4 is 4.72 Å². The van der Waals surface area contributed by atoms with Crippen LogP contribution in [0.2, 0.25) is 0 Å². The molecule has 0 aliphatic rings. The molecule has 0 spiro atoms. The predicted octanol–water partition coefficient (Wildman–Crippen LogP) is 4.52. The molecule has 1 aromatic heterocycles. The molecular weight excluding hydrogens is 369 g/mol. The van der Waals surface area contributed by atoms with E-state index in [1.807, 2.05) is 6.92 Å². The van der Waals surface area contributed by atoms with Gasteiger partial charge in [0.25, 0.3) is 0 Å². The van der Waals surface area contributed by atoms with Crippen LogP contribution in [0.5, 0.6) is 0 Å². The maximum Gasteiger partial charge on any atom is 0.229 e. The van der Waals surface area contributed by atoms with Crippen LogP contribution in [0.1, 0.15) is 41.4 Å². The standard InChI is InChI=1S/C20H20FNO4S/c1-3-4-5-18-19(20(23)13-6-8-14(21)9-7-13)16-12-15(22-27(2,24)25)10-11-17(16)26-18/h6-12,22H,3-5H2,1-2H3. The van der Waals surface area contributed by atoms with Crippen molar-refractivity contribution in [2.45, 2.75) is 26.2 Å². The van der Waals surface area contributed by atoms with Gasteiger partial charge in [-0.15, -0.1) is 0 Å². The van der Waals surface area contributed by atoms with E-state index in [0.717, 1.165) is 19.1 Å². The van der Waals surface area contributed by atoms with Crippen molar-refractivity contribution >= 4 is 32.5 Å². The molecule has 0 amide bonds. The van der Waals surface area contributed by atoms with E-state index in [1.54, 1.807) is 18.2 Å². The van der Waals surface area contributed by atoms with Crippen molar-refractivity contribution in [3.05, 3.63) is 65.2 Å². The number of aryl methyl sites for hydroxylation is 1. The number of unbranched alkanes of at least 4 members (excludes halogenated alkanes) is 1. The molecule has 1 heterocycles. The first-order valence-electron chi connectivity index (χ1n) is 8.62. The van der Waals surface area contributed by atoms with Crippen molar-refractivity contribution in [3.63, 3.8) is 0 Å². The van der Waals surface area contributed by atoms with Gasteiger partial charge in [-0.3, -0.25) is 9.52 Å². The summed E-state index contributed by atoms with van der Waals surface area (Å²) in [5.41, 5.74) is 1.59. The number of carbonyl (C=O) groups is 1. The number of furan rings is 1.